The minimum Gasteiger partial charge on any atom is -0.380 e. The summed E-state index contributed by atoms with van der Waals surface area (Å²) < 4.78 is 0. The average Bonchev–Trinajstić information content (AvgIpc) is 2.94. The molecule has 0 bridgehead atoms. The maximum atomic E-state index is 12.0. The van der Waals surface area contributed by atoms with Gasteiger partial charge >= 0.3 is 0 Å². The Kier molecular flexibility index (Phi) is 4.47. The quantitative estimate of drug-likeness (QED) is 0.900. The van der Waals surface area contributed by atoms with Gasteiger partial charge in [-0.1, -0.05) is 38.3 Å². The highest BCUT2D eigenvalue weighted by Gasteiger charge is 2.27. The Morgan fingerprint density at radius 2 is 2.00 bits per heavy atom. The van der Waals surface area contributed by atoms with E-state index >= 15 is 0 Å². The maximum absolute atomic E-state index is 12.0. The van der Waals surface area contributed by atoms with Crippen LogP contribution in [0.25, 0.3) is 0 Å². The fourth-order valence-corrected chi connectivity index (χ4v) is 3.82. The molecule has 114 valence electrons. The lowest BCUT2D eigenvalue weighted by Crippen LogP contribution is -2.33. The van der Waals surface area contributed by atoms with Crippen molar-refractivity contribution in [2.24, 2.45) is 5.92 Å². The minimum absolute atomic E-state index is 0.264. The van der Waals surface area contributed by atoms with Gasteiger partial charge in [0.1, 0.15) is 0 Å². The summed E-state index contributed by atoms with van der Waals surface area (Å²) in [6, 6.07) is 8.86. The molecule has 1 saturated heterocycles. The molecule has 2 unspecified atom stereocenters. The predicted octanol–water partition coefficient (Wildman–Crippen LogP) is 4.19. The topological polar surface area (TPSA) is 32.3 Å². The first kappa shape index (κ1) is 14.4. The fraction of sp³-hybridized carbons (Fsp3) is 0.611. The summed E-state index contributed by atoms with van der Waals surface area (Å²) in [7, 11) is 0. The van der Waals surface area contributed by atoms with Crippen molar-refractivity contribution in [2.75, 3.05) is 16.8 Å². The van der Waals surface area contributed by atoms with Gasteiger partial charge < -0.3 is 10.2 Å². The summed E-state index contributed by atoms with van der Waals surface area (Å²) in [5.74, 6) is 1.03. The van der Waals surface area contributed by atoms with E-state index in [1.54, 1.807) is 0 Å². The van der Waals surface area contributed by atoms with E-state index in [9.17, 15) is 4.79 Å². The third-order valence-corrected chi connectivity index (χ3v) is 5.04. The van der Waals surface area contributed by atoms with Crippen LogP contribution in [0.4, 0.5) is 11.4 Å². The molecule has 1 heterocycles. The lowest BCUT2D eigenvalue weighted by Gasteiger charge is -2.33. The van der Waals surface area contributed by atoms with E-state index in [1.165, 1.54) is 32.1 Å². The molecular weight excluding hydrogens is 260 g/mol. The number of hydrogen-bond acceptors (Lipinski definition) is 2. The highest BCUT2D eigenvalue weighted by molar-refractivity contribution is 5.98. The summed E-state index contributed by atoms with van der Waals surface area (Å²) >= 11 is 0. The first-order valence-electron chi connectivity index (χ1n) is 8.45. The molecular formula is C18H26N2O. The molecule has 3 rings (SSSR count). The van der Waals surface area contributed by atoms with Crippen LogP contribution in [0.3, 0.4) is 0 Å². The van der Waals surface area contributed by atoms with Crippen molar-refractivity contribution < 1.29 is 4.79 Å². The molecule has 1 N–H and O–H groups in total. The number of carbonyl (C=O) groups is 1. The first-order chi connectivity index (χ1) is 10.3. The minimum atomic E-state index is 0.264. The zero-order valence-electron chi connectivity index (χ0n) is 13.0. The molecule has 1 saturated carbocycles. The second kappa shape index (κ2) is 6.50. The van der Waals surface area contributed by atoms with Gasteiger partial charge in [-0.3, -0.25) is 4.79 Å². The van der Waals surface area contributed by atoms with Crippen molar-refractivity contribution >= 4 is 17.3 Å². The van der Waals surface area contributed by atoms with Gasteiger partial charge in [0.2, 0.25) is 5.91 Å². The van der Waals surface area contributed by atoms with Gasteiger partial charge in [-0.25, -0.2) is 0 Å². The van der Waals surface area contributed by atoms with Crippen LogP contribution in [0.2, 0.25) is 0 Å². The Morgan fingerprint density at radius 1 is 1.19 bits per heavy atom. The molecule has 0 aromatic heterocycles. The van der Waals surface area contributed by atoms with E-state index in [4.69, 9.17) is 0 Å². The molecule has 0 radical (unpaired) electrons. The molecule has 1 aromatic carbocycles. The number of anilines is 2. The Bertz CT molecular complexity index is 500. The Labute approximate surface area is 127 Å². The van der Waals surface area contributed by atoms with Gasteiger partial charge in [0.25, 0.3) is 0 Å². The lowest BCUT2D eigenvalue weighted by atomic mass is 9.83. The van der Waals surface area contributed by atoms with Crippen LogP contribution in [0.15, 0.2) is 24.3 Å². The summed E-state index contributed by atoms with van der Waals surface area (Å²) in [4.78, 5) is 14.0. The van der Waals surface area contributed by atoms with Gasteiger partial charge in [-0.2, -0.15) is 0 Å². The number of benzene rings is 1. The smallest absolute Gasteiger partial charge is 0.227 e. The number of hydrogen-bond donors (Lipinski definition) is 1. The number of para-hydroxylation sites is 2. The van der Waals surface area contributed by atoms with Crippen LogP contribution in [-0.2, 0) is 4.79 Å². The normalized spacial score (nSPS) is 26.1. The molecule has 1 amide bonds. The number of nitrogens with zero attached hydrogens (tertiary/aromatic N) is 1. The molecule has 2 fully saturated rings. The van der Waals surface area contributed by atoms with Crippen molar-refractivity contribution in [2.45, 2.75) is 57.9 Å². The van der Waals surface area contributed by atoms with Gasteiger partial charge in [-0.15, -0.1) is 0 Å². The second-order valence-corrected chi connectivity index (χ2v) is 6.37. The third kappa shape index (κ3) is 3.07. The summed E-state index contributed by atoms with van der Waals surface area (Å²) in [6.45, 7) is 3.15. The van der Waals surface area contributed by atoms with E-state index in [0.717, 1.165) is 30.3 Å². The largest absolute Gasteiger partial charge is 0.380 e. The van der Waals surface area contributed by atoms with Crippen molar-refractivity contribution in [3.63, 3.8) is 0 Å². The van der Waals surface area contributed by atoms with Crippen molar-refractivity contribution in [3.8, 4) is 0 Å². The van der Waals surface area contributed by atoms with Crippen LogP contribution >= 0.6 is 0 Å². The predicted molar refractivity (Wildman–Crippen MR) is 87.7 cm³/mol. The summed E-state index contributed by atoms with van der Waals surface area (Å²) in [6.07, 6.45) is 8.17. The van der Waals surface area contributed by atoms with E-state index in [2.05, 4.69) is 30.4 Å². The zero-order chi connectivity index (χ0) is 14.7. The molecule has 3 heteroatoms. The van der Waals surface area contributed by atoms with Gasteiger partial charge in [-0.05, 0) is 37.3 Å². The van der Waals surface area contributed by atoms with Gasteiger partial charge in [0, 0.05) is 19.0 Å². The van der Waals surface area contributed by atoms with Crippen LogP contribution in [0.1, 0.15) is 51.9 Å². The number of nitrogens with one attached hydrogen (secondary N) is 1. The van der Waals surface area contributed by atoms with Crippen molar-refractivity contribution in [3.05, 3.63) is 24.3 Å². The molecule has 21 heavy (non-hydrogen) atoms. The molecule has 0 spiro atoms. The third-order valence-electron chi connectivity index (χ3n) is 5.04. The molecule has 1 aliphatic heterocycles. The van der Waals surface area contributed by atoms with Crippen LogP contribution < -0.4 is 10.2 Å². The Morgan fingerprint density at radius 3 is 2.76 bits per heavy atom. The highest BCUT2D eigenvalue weighted by atomic mass is 16.2. The number of carbonyl (C=O) groups excluding carboxylic acids is 1. The Hall–Kier alpha value is -1.51. The van der Waals surface area contributed by atoms with Crippen molar-refractivity contribution in [1.82, 2.24) is 0 Å². The summed E-state index contributed by atoms with van der Waals surface area (Å²) in [5.41, 5.74) is 2.21. The van der Waals surface area contributed by atoms with E-state index in [1.807, 2.05) is 11.0 Å². The maximum Gasteiger partial charge on any atom is 0.227 e. The molecule has 1 aromatic rings. The van der Waals surface area contributed by atoms with Gasteiger partial charge in [0.05, 0.1) is 11.4 Å². The number of rotatable bonds is 4. The van der Waals surface area contributed by atoms with E-state index in [-0.39, 0.29) is 5.91 Å². The zero-order valence-corrected chi connectivity index (χ0v) is 13.0. The summed E-state index contributed by atoms with van der Waals surface area (Å²) in [5, 5.41) is 3.75. The molecule has 2 aliphatic rings. The monoisotopic (exact) mass is 286 g/mol. The molecule has 2 atom stereocenters. The molecule has 3 nitrogen and oxygen atoms in total. The van der Waals surface area contributed by atoms with Crippen LogP contribution in [0, 0.1) is 5.92 Å². The van der Waals surface area contributed by atoms with E-state index in [0.29, 0.717) is 12.5 Å². The molecule has 1 aliphatic carbocycles. The van der Waals surface area contributed by atoms with Crippen LogP contribution in [-0.4, -0.2) is 18.5 Å². The van der Waals surface area contributed by atoms with E-state index < -0.39 is 0 Å². The second-order valence-electron chi connectivity index (χ2n) is 6.37. The highest BCUT2D eigenvalue weighted by Crippen LogP contribution is 2.34. The standard InChI is InChI=1S/C18H26N2O/c1-2-14-8-3-4-9-15(14)19-16-10-5-6-11-17(16)20-13-7-12-18(20)21/h5-6,10-11,14-15,19H,2-4,7-9,12-13H2,1H3. The average molecular weight is 286 g/mol. The fourth-order valence-electron chi connectivity index (χ4n) is 3.82. The van der Waals surface area contributed by atoms with Crippen molar-refractivity contribution in [1.29, 1.82) is 0 Å². The SMILES string of the molecule is CCC1CCCCC1Nc1ccccc1N1CCCC1=O. The van der Waals surface area contributed by atoms with Crippen LogP contribution in [0.5, 0.6) is 0 Å². The number of amides is 1. The Balaban J connectivity index is 1.80. The first-order valence-corrected chi connectivity index (χ1v) is 8.45. The van der Waals surface area contributed by atoms with Gasteiger partial charge in [0.15, 0.2) is 0 Å². The lowest BCUT2D eigenvalue weighted by molar-refractivity contribution is -0.117.